The van der Waals surface area contributed by atoms with E-state index in [1.54, 1.807) is 11.3 Å². The molecule has 0 radical (unpaired) electrons. The molecule has 0 N–H and O–H groups in total. The van der Waals surface area contributed by atoms with Crippen molar-refractivity contribution in [1.29, 1.82) is 0 Å². The maximum Gasteiger partial charge on any atom is 0.223 e. The first-order valence-corrected chi connectivity index (χ1v) is 9.70. The zero-order valence-corrected chi connectivity index (χ0v) is 14.8. The van der Waals surface area contributed by atoms with E-state index >= 15 is 0 Å². The summed E-state index contributed by atoms with van der Waals surface area (Å²) in [5, 5.41) is 4.19. The van der Waals surface area contributed by atoms with Crippen LogP contribution in [0.5, 0.6) is 0 Å². The molecular formula is C20H25NO2S. The molecule has 1 aromatic heterocycles. The number of amides is 1. The molecule has 0 bridgehead atoms. The first-order chi connectivity index (χ1) is 11.8. The van der Waals surface area contributed by atoms with E-state index in [0.29, 0.717) is 13.0 Å². The number of aryl methyl sites for hydroxylation is 2. The van der Waals surface area contributed by atoms with Crippen molar-refractivity contribution < 1.29 is 9.53 Å². The Bertz CT molecular complexity index is 612. The summed E-state index contributed by atoms with van der Waals surface area (Å²) in [6, 6.07) is 12.7. The number of hydrogen-bond acceptors (Lipinski definition) is 3. The van der Waals surface area contributed by atoms with Crippen LogP contribution >= 0.6 is 11.3 Å². The van der Waals surface area contributed by atoms with Crippen LogP contribution in [0.4, 0.5) is 0 Å². The van der Waals surface area contributed by atoms with E-state index in [4.69, 9.17) is 4.74 Å². The summed E-state index contributed by atoms with van der Waals surface area (Å²) in [5.74, 6) is 0.262. The lowest BCUT2D eigenvalue weighted by Gasteiger charge is -2.33. The van der Waals surface area contributed by atoms with Gasteiger partial charge < -0.3 is 9.64 Å². The van der Waals surface area contributed by atoms with Crippen LogP contribution < -0.4 is 0 Å². The Kier molecular flexibility index (Phi) is 6.44. The van der Waals surface area contributed by atoms with Gasteiger partial charge in [-0.3, -0.25) is 4.79 Å². The maximum absolute atomic E-state index is 12.4. The fourth-order valence-electron chi connectivity index (χ4n) is 3.14. The number of thiophene rings is 1. The monoisotopic (exact) mass is 343 g/mol. The van der Waals surface area contributed by atoms with Crippen molar-refractivity contribution >= 4 is 17.2 Å². The van der Waals surface area contributed by atoms with E-state index in [9.17, 15) is 4.79 Å². The average Bonchev–Trinajstić information content (AvgIpc) is 3.14. The predicted octanol–water partition coefficient (Wildman–Crippen LogP) is 3.93. The molecule has 1 atom stereocenters. The van der Waals surface area contributed by atoms with Gasteiger partial charge in [0.25, 0.3) is 0 Å². The Morgan fingerprint density at radius 3 is 2.83 bits per heavy atom. The fraction of sp³-hybridized carbons (Fsp3) is 0.450. The molecule has 1 amide bonds. The zero-order valence-electron chi connectivity index (χ0n) is 14.0. The second-order valence-electron chi connectivity index (χ2n) is 6.34. The lowest BCUT2D eigenvalue weighted by molar-refractivity contribution is -0.139. The molecule has 0 spiro atoms. The topological polar surface area (TPSA) is 29.5 Å². The Morgan fingerprint density at radius 2 is 2.04 bits per heavy atom. The molecule has 1 unspecified atom stereocenters. The van der Waals surface area contributed by atoms with Gasteiger partial charge in [-0.05, 0) is 53.6 Å². The Hall–Kier alpha value is -1.65. The summed E-state index contributed by atoms with van der Waals surface area (Å²) in [6.07, 6.45) is 4.83. The minimum absolute atomic E-state index is 0.188. The van der Waals surface area contributed by atoms with Gasteiger partial charge in [-0.1, -0.05) is 30.3 Å². The van der Waals surface area contributed by atoms with Crippen molar-refractivity contribution in [2.45, 2.75) is 38.2 Å². The highest BCUT2D eigenvalue weighted by atomic mass is 32.1. The number of hydrogen-bond donors (Lipinski definition) is 0. The molecular weight excluding hydrogens is 318 g/mol. The van der Waals surface area contributed by atoms with Crippen LogP contribution in [-0.2, 0) is 22.4 Å². The van der Waals surface area contributed by atoms with Gasteiger partial charge in [0.05, 0.1) is 12.7 Å². The molecule has 1 aliphatic heterocycles. The van der Waals surface area contributed by atoms with Crippen molar-refractivity contribution in [1.82, 2.24) is 4.90 Å². The van der Waals surface area contributed by atoms with Crippen molar-refractivity contribution in [3.8, 4) is 0 Å². The highest BCUT2D eigenvalue weighted by Crippen LogP contribution is 2.15. The van der Waals surface area contributed by atoms with Crippen LogP contribution in [0.15, 0.2) is 47.2 Å². The van der Waals surface area contributed by atoms with E-state index in [1.165, 1.54) is 11.1 Å². The van der Waals surface area contributed by atoms with Crippen molar-refractivity contribution in [2.75, 3.05) is 19.7 Å². The van der Waals surface area contributed by atoms with Gasteiger partial charge in [0.15, 0.2) is 0 Å². The number of carbonyl (C=O) groups excluding carboxylic acids is 1. The molecule has 1 fully saturated rings. The summed E-state index contributed by atoms with van der Waals surface area (Å²) in [4.78, 5) is 14.4. The quantitative estimate of drug-likeness (QED) is 0.762. The van der Waals surface area contributed by atoms with E-state index in [0.717, 1.165) is 38.8 Å². The lowest BCUT2D eigenvalue weighted by Crippen LogP contribution is -2.45. The van der Waals surface area contributed by atoms with Gasteiger partial charge in [0.2, 0.25) is 5.91 Å². The molecule has 4 heteroatoms. The van der Waals surface area contributed by atoms with Gasteiger partial charge in [0.1, 0.15) is 0 Å². The predicted molar refractivity (Wildman–Crippen MR) is 98.3 cm³/mol. The van der Waals surface area contributed by atoms with Crippen LogP contribution in [0.3, 0.4) is 0 Å². The van der Waals surface area contributed by atoms with Crippen molar-refractivity contribution in [3.63, 3.8) is 0 Å². The molecule has 1 aromatic carbocycles. The van der Waals surface area contributed by atoms with Crippen molar-refractivity contribution in [3.05, 3.63) is 58.3 Å². The van der Waals surface area contributed by atoms with Crippen LogP contribution in [0.25, 0.3) is 0 Å². The van der Waals surface area contributed by atoms with E-state index in [1.807, 2.05) is 11.0 Å². The minimum atomic E-state index is 0.188. The molecule has 2 aromatic rings. The summed E-state index contributed by atoms with van der Waals surface area (Å²) in [7, 11) is 0. The molecule has 3 rings (SSSR count). The summed E-state index contributed by atoms with van der Waals surface area (Å²) < 4.78 is 5.85. The van der Waals surface area contributed by atoms with Crippen LogP contribution in [0.2, 0.25) is 0 Å². The fourth-order valence-corrected chi connectivity index (χ4v) is 3.85. The lowest BCUT2D eigenvalue weighted by atomic mass is 10.0. The molecule has 1 saturated heterocycles. The number of nitrogens with zero attached hydrogens (tertiary/aromatic N) is 1. The van der Waals surface area contributed by atoms with Gasteiger partial charge in [-0.2, -0.15) is 11.3 Å². The van der Waals surface area contributed by atoms with Gasteiger partial charge in [0, 0.05) is 19.5 Å². The SMILES string of the molecule is O=C(CCc1ccsc1)N1CCOC(CCCc2ccccc2)C1. The second kappa shape index (κ2) is 9.00. The maximum atomic E-state index is 12.4. The normalized spacial score (nSPS) is 17.8. The van der Waals surface area contributed by atoms with Crippen LogP contribution in [-0.4, -0.2) is 36.6 Å². The third-order valence-electron chi connectivity index (χ3n) is 4.53. The van der Waals surface area contributed by atoms with E-state index in [-0.39, 0.29) is 12.0 Å². The molecule has 1 aliphatic rings. The van der Waals surface area contributed by atoms with Crippen LogP contribution in [0.1, 0.15) is 30.4 Å². The first-order valence-electron chi connectivity index (χ1n) is 8.75. The Labute approximate surface area is 148 Å². The molecule has 128 valence electrons. The first kappa shape index (κ1) is 17.2. The summed E-state index contributed by atoms with van der Waals surface area (Å²) in [5.41, 5.74) is 2.64. The average molecular weight is 343 g/mol. The third kappa shape index (κ3) is 5.18. The highest BCUT2D eigenvalue weighted by Gasteiger charge is 2.23. The van der Waals surface area contributed by atoms with Gasteiger partial charge in [-0.15, -0.1) is 0 Å². The summed E-state index contributed by atoms with van der Waals surface area (Å²) >= 11 is 1.69. The molecule has 24 heavy (non-hydrogen) atoms. The third-order valence-corrected chi connectivity index (χ3v) is 5.27. The number of morpholine rings is 1. The second-order valence-corrected chi connectivity index (χ2v) is 7.12. The smallest absolute Gasteiger partial charge is 0.223 e. The molecule has 2 heterocycles. The van der Waals surface area contributed by atoms with Crippen LogP contribution in [0, 0.1) is 0 Å². The van der Waals surface area contributed by atoms with Gasteiger partial charge in [-0.25, -0.2) is 0 Å². The number of benzene rings is 1. The number of ether oxygens (including phenoxy) is 1. The molecule has 0 saturated carbocycles. The standard InChI is InChI=1S/C20H25NO2S/c22-20(10-9-18-11-14-24-16-18)21-12-13-23-19(15-21)8-4-7-17-5-2-1-3-6-17/h1-3,5-6,11,14,16,19H,4,7-10,12-13,15H2. The van der Waals surface area contributed by atoms with E-state index in [2.05, 4.69) is 41.1 Å². The molecule has 0 aliphatic carbocycles. The Balaban J connectivity index is 1.39. The zero-order chi connectivity index (χ0) is 16.6. The van der Waals surface area contributed by atoms with Crippen molar-refractivity contribution in [2.24, 2.45) is 0 Å². The highest BCUT2D eigenvalue weighted by molar-refractivity contribution is 7.07. The molecule has 3 nitrogen and oxygen atoms in total. The van der Waals surface area contributed by atoms with E-state index < -0.39 is 0 Å². The largest absolute Gasteiger partial charge is 0.375 e. The number of carbonyl (C=O) groups is 1. The number of rotatable bonds is 7. The summed E-state index contributed by atoms with van der Waals surface area (Å²) in [6.45, 7) is 2.15. The minimum Gasteiger partial charge on any atom is -0.375 e. The Morgan fingerprint density at radius 1 is 1.17 bits per heavy atom. The van der Waals surface area contributed by atoms with Gasteiger partial charge >= 0.3 is 0 Å².